The second-order valence-corrected chi connectivity index (χ2v) is 7.44. The third-order valence-electron chi connectivity index (χ3n) is 3.81. The molecule has 3 N–H and O–H groups in total. The molecule has 2 aromatic carbocycles. The predicted octanol–water partition coefficient (Wildman–Crippen LogP) is 5.79. The molecule has 3 rings (SSSR count). The van der Waals surface area contributed by atoms with Crippen molar-refractivity contribution >= 4 is 58.2 Å². The van der Waals surface area contributed by atoms with Crippen molar-refractivity contribution in [2.75, 3.05) is 5.32 Å². The van der Waals surface area contributed by atoms with E-state index < -0.39 is 5.91 Å². The molecule has 1 heterocycles. The van der Waals surface area contributed by atoms with Crippen LogP contribution in [0.2, 0.25) is 10.0 Å². The number of carbonyl (C=O) groups excluding carboxylic acids is 1. The van der Waals surface area contributed by atoms with Gasteiger partial charge in [0.15, 0.2) is 5.11 Å². The number of aromatic hydroxyl groups is 1. The standard InChI is InChI=1S/C21H16Cl2N2O3S/c1-12-2-5-18(26)17(8-12)24-21(29)25-20(27)7-4-16-3-6-19(28-16)13-9-14(22)11-15(23)10-13/h2-11,26H,1H3,(H2,24,25,27,29)/b7-4+. The van der Waals surface area contributed by atoms with Crippen LogP contribution in [0.4, 0.5) is 5.69 Å². The first kappa shape index (κ1) is 20.9. The van der Waals surface area contributed by atoms with Crippen LogP contribution in [0, 0.1) is 6.92 Å². The average Bonchev–Trinajstić information content (AvgIpc) is 3.11. The second kappa shape index (κ2) is 9.13. The summed E-state index contributed by atoms with van der Waals surface area (Å²) < 4.78 is 5.69. The Labute approximate surface area is 182 Å². The van der Waals surface area contributed by atoms with Gasteiger partial charge in [-0.15, -0.1) is 0 Å². The largest absolute Gasteiger partial charge is 0.506 e. The molecule has 0 aliphatic carbocycles. The molecule has 1 aromatic heterocycles. The Morgan fingerprint density at radius 3 is 2.55 bits per heavy atom. The molecule has 5 nitrogen and oxygen atoms in total. The van der Waals surface area contributed by atoms with Gasteiger partial charge in [-0.05, 0) is 73.2 Å². The molecule has 0 spiro atoms. The molecule has 0 saturated heterocycles. The maximum atomic E-state index is 12.1. The summed E-state index contributed by atoms with van der Waals surface area (Å²) >= 11 is 17.1. The van der Waals surface area contributed by atoms with E-state index in [9.17, 15) is 9.90 Å². The lowest BCUT2D eigenvalue weighted by molar-refractivity contribution is -0.115. The van der Waals surface area contributed by atoms with E-state index >= 15 is 0 Å². The Morgan fingerprint density at radius 1 is 1.10 bits per heavy atom. The van der Waals surface area contributed by atoms with E-state index in [1.54, 1.807) is 48.5 Å². The van der Waals surface area contributed by atoms with Crippen LogP contribution in [0.3, 0.4) is 0 Å². The number of amides is 1. The first-order chi connectivity index (χ1) is 13.8. The average molecular weight is 447 g/mol. The molecule has 0 saturated carbocycles. The van der Waals surface area contributed by atoms with Crippen molar-refractivity contribution in [3.63, 3.8) is 0 Å². The maximum Gasteiger partial charge on any atom is 0.250 e. The Balaban J connectivity index is 1.61. The van der Waals surface area contributed by atoms with Crippen LogP contribution in [0.15, 0.2) is 59.0 Å². The highest BCUT2D eigenvalue weighted by molar-refractivity contribution is 7.80. The molecule has 29 heavy (non-hydrogen) atoms. The zero-order valence-electron chi connectivity index (χ0n) is 15.2. The lowest BCUT2D eigenvalue weighted by Gasteiger charge is -2.10. The lowest BCUT2D eigenvalue weighted by atomic mass is 10.2. The number of halogens is 2. The van der Waals surface area contributed by atoms with Crippen molar-refractivity contribution in [2.24, 2.45) is 0 Å². The number of rotatable bonds is 4. The molecular formula is C21H16Cl2N2O3S. The number of carbonyl (C=O) groups is 1. The highest BCUT2D eigenvalue weighted by atomic mass is 35.5. The van der Waals surface area contributed by atoms with Crippen LogP contribution in [-0.2, 0) is 4.79 Å². The Kier molecular flexibility index (Phi) is 6.59. The van der Waals surface area contributed by atoms with Gasteiger partial charge in [0.05, 0.1) is 5.69 Å². The summed E-state index contributed by atoms with van der Waals surface area (Å²) in [6, 6.07) is 13.6. The van der Waals surface area contributed by atoms with Gasteiger partial charge in [-0.25, -0.2) is 0 Å². The molecule has 0 fully saturated rings. The van der Waals surface area contributed by atoms with Crippen molar-refractivity contribution in [3.05, 3.63) is 76.0 Å². The fourth-order valence-corrected chi connectivity index (χ4v) is 3.25. The van der Waals surface area contributed by atoms with E-state index in [4.69, 9.17) is 39.8 Å². The van der Waals surface area contributed by atoms with E-state index in [0.717, 1.165) is 11.1 Å². The van der Waals surface area contributed by atoms with E-state index in [1.165, 1.54) is 12.2 Å². The molecule has 148 valence electrons. The fourth-order valence-electron chi connectivity index (χ4n) is 2.51. The predicted molar refractivity (Wildman–Crippen MR) is 120 cm³/mol. The second-order valence-electron chi connectivity index (χ2n) is 6.16. The van der Waals surface area contributed by atoms with E-state index in [-0.39, 0.29) is 10.9 Å². The van der Waals surface area contributed by atoms with Crippen molar-refractivity contribution in [2.45, 2.75) is 6.92 Å². The van der Waals surface area contributed by atoms with Crippen LogP contribution < -0.4 is 10.6 Å². The van der Waals surface area contributed by atoms with Gasteiger partial charge in [0.25, 0.3) is 0 Å². The number of phenolic OH excluding ortho intramolecular Hbond substituents is 1. The number of benzene rings is 2. The summed E-state index contributed by atoms with van der Waals surface area (Å²) in [5, 5.41) is 16.2. The number of nitrogens with one attached hydrogen (secondary N) is 2. The normalized spacial score (nSPS) is 10.9. The van der Waals surface area contributed by atoms with Crippen LogP contribution in [0.25, 0.3) is 17.4 Å². The van der Waals surface area contributed by atoms with E-state index in [1.807, 2.05) is 6.92 Å². The summed E-state index contributed by atoms with van der Waals surface area (Å²) in [6.45, 7) is 1.88. The van der Waals surface area contributed by atoms with Crippen LogP contribution >= 0.6 is 35.4 Å². The molecule has 3 aromatic rings. The van der Waals surface area contributed by atoms with Crippen molar-refractivity contribution in [1.29, 1.82) is 0 Å². The first-order valence-electron chi connectivity index (χ1n) is 8.46. The minimum absolute atomic E-state index is 0.0342. The summed E-state index contributed by atoms with van der Waals surface area (Å²) in [4.78, 5) is 12.1. The molecular weight excluding hydrogens is 431 g/mol. The number of hydrogen-bond acceptors (Lipinski definition) is 4. The molecule has 0 unspecified atom stereocenters. The lowest BCUT2D eigenvalue weighted by Crippen LogP contribution is -2.32. The number of aryl methyl sites for hydroxylation is 1. The van der Waals surface area contributed by atoms with Crippen molar-refractivity contribution in [1.82, 2.24) is 5.32 Å². The number of thiocarbonyl (C=S) groups is 1. The monoisotopic (exact) mass is 446 g/mol. The number of hydrogen-bond donors (Lipinski definition) is 3. The van der Waals surface area contributed by atoms with Gasteiger partial charge in [0.1, 0.15) is 17.3 Å². The fraction of sp³-hybridized carbons (Fsp3) is 0.0476. The van der Waals surface area contributed by atoms with Crippen molar-refractivity contribution < 1.29 is 14.3 Å². The molecule has 0 bridgehead atoms. The smallest absolute Gasteiger partial charge is 0.250 e. The van der Waals surface area contributed by atoms with Gasteiger partial charge < -0.3 is 14.8 Å². The Morgan fingerprint density at radius 2 is 1.83 bits per heavy atom. The van der Waals surface area contributed by atoms with Crippen molar-refractivity contribution in [3.8, 4) is 17.1 Å². The zero-order chi connectivity index (χ0) is 21.0. The van der Waals surface area contributed by atoms with Crippen LogP contribution in [0.1, 0.15) is 11.3 Å². The summed E-state index contributed by atoms with van der Waals surface area (Å²) in [5.74, 6) is 0.633. The van der Waals surface area contributed by atoms with Crippen LogP contribution in [0.5, 0.6) is 5.75 Å². The molecule has 1 amide bonds. The minimum atomic E-state index is -0.446. The molecule has 8 heteroatoms. The Hall–Kier alpha value is -2.80. The SMILES string of the molecule is Cc1ccc(O)c(NC(=S)NC(=O)/C=C/c2ccc(-c3cc(Cl)cc(Cl)c3)o2)c1. The maximum absolute atomic E-state index is 12.1. The van der Waals surface area contributed by atoms with Gasteiger partial charge >= 0.3 is 0 Å². The van der Waals surface area contributed by atoms with Gasteiger partial charge in [-0.3, -0.25) is 10.1 Å². The number of furan rings is 1. The first-order valence-corrected chi connectivity index (χ1v) is 9.62. The summed E-state index contributed by atoms with van der Waals surface area (Å²) in [7, 11) is 0. The highest BCUT2D eigenvalue weighted by Gasteiger charge is 2.08. The third kappa shape index (κ3) is 5.84. The van der Waals surface area contributed by atoms with Gasteiger partial charge in [0, 0.05) is 21.7 Å². The summed E-state index contributed by atoms with van der Waals surface area (Å²) in [5.41, 5.74) is 2.08. The van der Waals surface area contributed by atoms with Gasteiger partial charge in [0.2, 0.25) is 5.91 Å². The zero-order valence-corrected chi connectivity index (χ0v) is 17.5. The van der Waals surface area contributed by atoms with Gasteiger partial charge in [-0.2, -0.15) is 0 Å². The molecule has 0 radical (unpaired) electrons. The topological polar surface area (TPSA) is 74.5 Å². The third-order valence-corrected chi connectivity index (χ3v) is 4.45. The molecule has 0 aliphatic rings. The highest BCUT2D eigenvalue weighted by Crippen LogP contribution is 2.29. The summed E-state index contributed by atoms with van der Waals surface area (Å²) in [6.07, 6.45) is 2.80. The molecule has 0 aliphatic heterocycles. The van der Waals surface area contributed by atoms with Gasteiger partial charge in [-0.1, -0.05) is 29.3 Å². The van der Waals surface area contributed by atoms with E-state index in [0.29, 0.717) is 27.3 Å². The quantitative estimate of drug-likeness (QED) is 0.268. The van der Waals surface area contributed by atoms with Crippen LogP contribution in [-0.4, -0.2) is 16.1 Å². The number of phenols is 1. The molecule has 0 atom stereocenters. The van der Waals surface area contributed by atoms with E-state index in [2.05, 4.69) is 10.6 Å². The minimum Gasteiger partial charge on any atom is -0.506 e. The Bertz CT molecular complexity index is 1090. The number of anilines is 1.